The van der Waals surface area contributed by atoms with Crippen LogP contribution >= 0.6 is 0 Å². The summed E-state index contributed by atoms with van der Waals surface area (Å²) in [4.78, 5) is 0. The van der Waals surface area contributed by atoms with Gasteiger partial charge in [0, 0.05) is 13.1 Å². The molecule has 0 aromatic rings. The first-order valence-electron chi connectivity index (χ1n) is 3.60. The SMILES string of the molecule is NCCCNCC(O)CN. The minimum Gasteiger partial charge on any atom is -0.390 e. The van der Waals surface area contributed by atoms with E-state index in [-0.39, 0.29) is 0 Å². The van der Waals surface area contributed by atoms with E-state index < -0.39 is 6.10 Å². The first-order chi connectivity index (χ1) is 4.81. The maximum atomic E-state index is 8.94. The smallest absolute Gasteiger partial charge is 0.0786 e. The van der Waals surface area contributed by atoms with Crippen LogP contribution in [0.3, 0.4) is 0 Å². The second-order valence-electron chi connectivity index (χ2n) is 2.24. The van der Waals surface area contributed by atoms with E-state index in [4.69, 9.17) is 16.6 Å². The lowest BCUT2D eigenvalue weighted by molar-refractivity contribution is 0.180. The summed E-state index contributed by atoms with van der Waals surface area (Å²) in [5.74, 6) is 0. The molecule has 0 rings (SSSR count). The summed E-state index contributed by atoms with van der Waals surface area (Å²) in [5, 5.41) is 12.0. The van der Waals surface area contributed by atoms with Gasteiger partial charge in [0.05, 0.1) is 6.10 Å². The first kappa shape index (κ1) is 9.84. The third-order valence-corrected chi connectivity index (χ3v) is 1.21. The van der Waals surface area contributed by atoms with Gasteiger partial charge < -0.3 is 21.9 Å². The van der Waals surface area contributed by atoms with E-state index in [0.29, 0.717) is 19.6 Å². The third kappa shape index (κ3) is 5.97. The molecule has 0 fully saturated rings. The molecule has 0 amide bonds. The Morgan fingerprint density at radius 3 is 2.60 bits per heavy atom. The van der Waals surface area contributed by atoms with Gasteiger partial charge in [0.25, 0.3) is 0 Å². The molecule has 0 saturated heterocycles. The van der Waals surface area contributed by atoms with E-state index >= 15 is 0 Å². The molecule has 0 aliphatic heterocycles. The number of nitrogens with one attached hydrogen (secondary N) is 1. The lowest BCUT2D eigenvalue weighted by atomic mass is 10.3. The monoisotopic (exact) mass is 147 g/mol. The van der Waals surface area contributed by atoms with Crippen LogP contribution in [0.4, 0.5) is 0 Å². The number of aliphatic hydroxyl groups is 1. The highest BCUT2D eigenvalue weighted by molar-refractivity contribution is 4.58. The van der Waals surface area contributed by atoms with Gasteiger partial charge in [-0.15, -0.1) is 0 Å². The molecule has 0 aromatic heterocycles. The molecular formula is C6H17N3O. The standard InChI is InChI=1S/C6H17N3O/c7-2-1-3-9-5-6(10)4-8/h6,9-10H,1-5,7-8H2. The van der Waals surface area contributed by atoms with E-state index in [1.165, 1.54) is 0 Å². The van der Waals surface area contributed by atoms with Crippen LogP contribution in [0.2, 0.25) is 0 Å². The second-order valence-corrected chi connectivity index (χ2v) is 2.24. The molecule has 0 saturated carbocycles. The zero-order valence-electron chi connectivity index (χ0n) is 6.21. The van der Waals surface area contributed by atoms with Gasteiger partial charge in [-0.25, -0.2) is 0 Å². The van der Waals surface area contributed by atoms with Crippen molar-refractivity contribution in [1.82, 2.24) is 5.32 Å². The van der Waals surface area contributed by atoms with E-state index in [2.05, 4.69) is 5.32 Å². The number of hydrogen-bond donors (Lipinski definition) is 4. The van der Waals surface area contributed by atoms with Crippen molar-refractivity contribution in [1.29, 1.82) is 0 Å². The lowest BCUT2D eigenvalue weighted by Gasteiger charge is -2.07. The average molecular weight is 147 g/mol. The predicted octanol–water partition coefficient (Wildman–Crippen LogP) is -1.76. The summed E-state index contributed by atoms with van der Waals surface area (Å²) in [6.45, 7) is 2.42. The molecule has 1 unspecified atom stereocenters. The maximum Gasteiger partial charge on any atom is 0.0786 e. The van der Waals surface area contributed by atoms with Crippen LogP contribution in [0.5, 0.6) is 0 Å². The van der Waals surface area contributed by atoms with Crippen LogP contribution in [-0.4, -0.2) is 37.4 Å². The zero-order valence-corrected chi connectivity index (χ0v) is 6.21. The molecule has 4 heteroatoms. The molecule has 0 bridgehead atoms. The van der Waals surface area contributed by atoms with E-state index in [1.807, 2.05) is 0 Å². The molecule has 10 heavy (non-hydrogen) atoms. The van der Waals surface area contributed by atoms with Crippen molar-refractivity contribution in [3.8, 4) is 0 Å². The number of hydrogen-bond acceptors (Lipinski definition) is 4. The van der Waals surface area contributed by atoms with Gasteiger partial charge in [-0.1, -0.05) is 0 Å². The fourth-order valence-corrected chi connectivity index (χ4v) is 0.579. The topological polar surface area (TPSA) is 84.3 Å². The van der Waals surface area contributed by atoms with Crippen molar-refractivity contribution in [2.75, 3.05) is 26.2 Å². The Balaban J connectivity index is 2.89. The van der Waals surface area contributed by atoms with Gasteiger partial charge >= 0.3 is 0 Å². The zero-order chi connectivity index (χ0) is 7.82. The Kier molecular flexibility index (Phi) is 6.84. The van der Waals surface area contributed by atoms with Crippen molar-refractivity contribution >= 4 is 0 Å². The molecule has 62 valence electrons. The predicted molar refractivity (Wildman–Crippen MR) is 41.6 cm³/mol. The molecular weight excluding hydrogens is 130 g/mol. The highest BCUT2D eigenvalue weighted by Crippen LogP contribution is 1.75. The van der Waals surface area contributed by atoms with Crippen molar-refractivity contribution in [3.63, 3.8) is 0 Å². The van der Waals surface area contributed by atoms with Crippen LogP contribution in [0.15, 0.2) is 0 Å². The molecule has 0 spiro atoms. The molecule has 1 atom stereocenters. The van der Waals surface area contributed by atoms with Gasteiger partial charge in [0.1, 0.15) is 0 Å². The van der Waals surface area contributed by atoms with Crippen molar-refractivity contribution in [3.05, 3.63) is 0 Å². The summed E-state index contributed by atoms with van der Waals surface area (Å²) >= 11 is 0. The van der Waals surface area contributed by atoms with Crippen LogP contribution in [0.25, 0.3) is 0 Å². The van der Waals surface area contributed by atoms with Gasteiger partial charge in [-0.05, 0) is 19.5 Å². The van der Waals surface area contributed by atoms with Crippen molar-refractivity contribution < 1.29 is 5.11 Å². The van der Waals surface area contributed by atoms with Crippen molar-refractivity contribution in [2.24, 2.45) is 11.5 Å². The quantitative estimate of drug-likeness (QED) is 0.335. The van der Waals surface area contributed by atoms with Gasteiger partial charge in [-0.2, -0.15) is 0 Å². The molecule has 4 nitrogen and oxygen atoms in total. The minimum atomic E-state index is -0.419. The third-order valence-electron chi connectivity index (χ3n) is 1.21. The Morgan fingerprint density at radius 1 is 1.40 bits per heavy atom. The summed E-state index contributed by atoms with van der Waals surface area (Å²) in [6, 6.07) is 0. The molecule has 0 aliphatic rings. The molecule has 0 aromatic carbocycles. The van der Waals surface area contributed by atoms with E-state index in [9.17, 15) is 0 Å². The van der Waals surface area contributed by atoms with E-state index in [0.717, 1.165) is 13.0 Å². The van der Waals surface area contributed by atoms with Crippen LogP contribution in [0.1, 0.15) is 6.42 Å². The molecule has 0 heterocycles. The summed E-state index contributed by atoms with van der Waals surface area (Å²) in [7, 11) is 0. The Hall–Kier alpha value is -0.160. The van der Waals surface area contributed by atoms with Crippen LogP contribution in [-0.2, 0) is 0 Å². The number of nitrogens with two attached hydrogens (primary N) is 2. The summed E-state index contributed by atoms with van der Waals surface area (Å²) in [6.07, 6.45) is 0.523. The largest absolute Gasteiger partial charge is 0.390 e. The maximum absolute atomic E-state index is 8.94. The Labute approximate surface area is 61.6 Å². The summed E-state index contributed by atoms with van der Waals surface area (Å²) in [5.41, 5.74) is 10.4. The highest BCUT2D eigenvalue weighted by Gasteiger charge is 1.97. The fourth-order valence-electron chi connectivity index (χ4n) is 0.579. The Morgan fingerprint density at radius 2 is 2.10 bits per heavy atom. The number of aliphatic hydroxyl groups excluding tert-OH is 1. The Bertz CT molecular complexity index is 70.0. The fraction of sp³-hybridized carbons (Fsp3) is 1.00. The number of rotatable bonds is 6. The lowest BCUT2D eigenvalue weighted by Crippen LogP contribution is -2.33. The molecule has 0 aliphatic carbocycles. The normalized spacial score (nSPS) is 13.5. The highest BCUT2D eigenvalue weighted by atomic mass is 16.3. The first-order valence-corrected chi connectivity index (χ1v) is 3.60. The van der Waals surface area contributed by atoms with Crippen LogP contribution in [0, 0.1) is 0 Å². The summed E-state index contributed by atoms with van der Waals surface area (Å²) < 4.78 is 0. The van der Waals surface area contributed by atoms with Crippen LogP contribution < -0.4 is 16.8 Å². The van der Waals surface area contributed by atoms with E-state index in [1.54, 1.807) is 0 Å². The molecule has 0 radical (unpaired) electrons. The van der Waals surface area contributed by atoms with Gasteiger partial charge in [0.2, 0.25) is 0 Å². The van der Waals surface area contributed by atoms with Crippen molar-refractivity contribution in [2.45, 2.75) is 12.5 Å². The minimum absolute atomic E-state index is 0.315. The average Bonchev–Trinajstić information content (AvgIpc) is 1.98. The van der Waals surface area contributed by atoms with Gasteiger partial charge in [0.15, 0.2) is 0 Å². The second kappa shape index (κ2) is 6.95. The van der Waals surface area contributed by atoms with Gasteiger partial charge in [-0.3, -0.25) is 0 Å². The molecule has 6 N–H and O–H groups in total.